The number of hydrogen-bond donors (Lipinski definition) is 2. The third-order valence-electron chi connectivity index (χ3n) is 4.14. The molecular weight excluding hydrogens is 376 g/mol. The van der Waals surface area contributed by atoms with Gasteiger partial charge in [-0.25, -0.2) is 4.98 Å². The van der Waals surface area contributed by atoms with E-state index >= 15 is 0 Å². The van der Waals surface area contributed by atoms with Crippen molar-refractivity contribution in [1.29, 1.82) is 0 Å². The van der Waals surface area contributed by atoms with Crippen molar-refractivity contribution in [2.75, 3.05) is 10.6 Å². The number of carbonyl (C=O) groups excluding carboxylic acids is 2. The molecule has 0 atom stereocenters. The normalized spacial score (nSPS) is 10.4. The van der Waals surface area contributed by atoms with Crippen molar-refractivity contribution >= 4 is 35.2 Å². The fraction of sp³-hybridized carbons (Fsp3) is 0.0833. The van der Waals surface area contributed by atoms with E-state index in [-0.39, 0.29) is 5.91 Å². The van der Waals surface area contributed by atoms with Gasteiger partial charge in [-0.15, -0.1) is 6.42 Å². The van der Waals surface area contributed by atoms with Crippen LogP contribution in [0.4, 0.5) is 17.2 Å². The molecule has 3 rings (SSSR count). The van der Waals surface area contributed by atoms with E-state index in [1.807, 2.05) is 6.92 Å². The number of amides is 2. The Morgan fingerprint density at radius 1 is 1.03 bits per heavy atom. The second-order valence-electron chi connectivity index (χ2n) is 6.30. The Hall–Kier alpha value is -4.24. The molecule has 0 spiro atoms. The molecule has 0 radical (unpaired) electrons. The van der Waals surface area contributed by atoms with Crippen molar-refractivity contribution in [2.45, 2.75) is 13.3 Å². The van der Waals surface area contributed by atoms with Gasteiger partial charge in [0.15, 0.2) is 0 Å². The smallest absolute Gasteiger partial charge is 0.258 e. The number of nitrogens with zero attached hydrogens (tertiary/aromatic N) is 2. The highest BCUT2D eigenvalue weighted by molar-refractivity contribution is 6.12. The van der Waals surface area contributed by atoms with E-state index in [4.69, 9.17) is 6.42 Å². The van der Waals surface area contributed by atoms with Crippen molar-refractivity contribution in [3.8, 4) is 12.3 Å². The summed E-state index contributed by atoms with van der Waals surface area (Å²) < 4.78 is 0. The highest BCUT2D eigenvalue weighted by Crippen LogP contribution is 2.19. The quantitative estimate of drug-likeness (QED) is 0.469. The molecule has 0 unspecified atom stereocenters. The Morgan fingerprint density at radius 3 is 2.47 bits per heavy atom. The summed E-state index contributed by atoms with van der Waals surface area (Å²) in [4.78, 5) is 33.7. The number of pyridine rings is 1. The zero-order chi connectivity index (χ0) is 21.3. The number of aromatic nitrogens is 1. The summed E-state index contributed by atoms with van der Waals surface area (Å²) in [6.07, 6.45) is 9.45. The Morgan fingerprint density at radius 2 is 1.80 bits per heavy atom. The molecule has 2 aromatic carbocycles. The van der Waals surface area contributed by atoms with Gasteiger partial charge in [0, 0.05) is 23.5 Å². The van der Waals surface area contributed by atoms with Gasteiger partial charge >= 0.3 is 0 Å². The van der Waals surface area contributed by atoms with Crippen LogP contribution < -0.4 is 10.6 Å². The molecule has 3 aromatic rings. The average molecular weight is 396 g/mol. The first-order valence-electron chi connectivity index (χ1n) is 9.37. The molecule has 1 aromatic heterocycles. The molecule has 2 amide bonds. The number of nitrogens with one attached hydrogen (secondary N) is 2. The number of carbonyl (C=O) groups is 2. The molecule has 30 heavy (non-hydrogen) atoms. The lowest BCUT2D eigenvalue weighted by Crippen LogP contribution is -2.18. The number of hydrogen-bond acceptors (Lipinski definition) is 4. The van der Waals surface area contributed by atoms with Gasteiger partial charge in [0.2, 0.25) is 0 Å². The molecule has 0 aliphatic rings. The van der Waals surface area contributed by atoms with Crippen molar-refractivity contribution < 1.29 is 9.59 Å². The topological polar surface area (TPSA) is 83.5 Å². The maximum absolute atomic E-state index is 12.7. The fourth-order valence-electron chi connectivity index (χ4n) is 2.62. The Balaban J connectivity index is 1.74. The van der Waals surface area contributed by atoms with E-state index in [1.165, 1.54) is 6.20 Å². The largest absolute Gasteiger partial charge is 0.321 e. The predicted octanol–water partition coefficient (Wildman–Crippen LogP) is 4.68. The van der Waals surface area contributed by atoms with Crippen LogP contribution in [0.2, 0.25) is 0 Å². The Bertz CT molecular complexity index is 1110. The molecule has 0 saturated carbocycles. The minimum absolute atomic E-state index is 0.317. The number of aliphatic imine (C=N–C) groups is 1. The third kappa shape index (κ3) is 5.18. The SMILES string of the molecule is C#Cc1ccc(NC(=O)c2ccccc2NC(=O)c2ccc(N=CCC)cc2)nc1. The first-order valence-corrected chi connectivity index (χ1v) is 9.37. The molecule has 0 bridgehead atoms. The van der Waals surface area contributed by atoms with E-state index in [9.17, 15) is 9.59 Å². The molecule has 0 aliphatic heterocycles. The van der Waals surface area contributed by atoms with Gasteiger partial charge in [-0.1, -0.05) is 25.0 Å². The van der Waals surface area contributed by atoms with Crippen LogP contribution in [-0.4, -0.2) is 23.0 Å². The van der Waals surface area contributed by atoms with E-state index in [2.05, 4.69) is 26.5 Å². The summed E-state index contributed by atoms with van der Waals surface area (Å²) in [6.45, 7) is 2.00. The van der Waals surface area contributed by atoms with Crippen LogP contribution in [0, 0.1) is 12.3 Å². The van der Waals surface area contributed by atoms with E-state index in [0.717, 1.165) is 12.1 Å². The number of para-hydroxylation sites is 1. The Labute approximate surface area is 175 Å². The maximum Gasteiger partial charge on any atom is 0.258 e. The lowest BCUT2D eigenvalue weighted by Gasteiger charge is -2.11. The zero-order valence-corrected chi connectivity index (χ0v) is 16.4. The van der Waals surface area contributed by atoms with Crippen LogP contribution in [0.5, 0.6) is 0 Å². The standard InChI is InChI=1S/C24H20N4O2/c1-3-15-25-19-12-10-18(11-13-19)23(29)27-21-8-6-5-7-20(21)24(30)28-22-14-9-17(4-2)16-26-22/h2,5-16H,3H2,1H3,(H,27,29)(H,26,28,30). The summed E-state index contributed by atoms with van der Waals surface area (Å²) in [6, 6.07) is 17.0. The van der Waals surface area contributed by atoms with Gasteiger partial charge < -0.3 is 10.6 Å². The van der Waals surface area contributed by atoms with Gasteiger partial charge in [-0.2, -0.15) is 0 Å². The van der Waals surface area contributed by atoms with Crippen molar-refractivity contribution in [1.82, 2.24) is 4.98 Å². The zero-order valence-electron chi connectivity index (χ0n) is 16.4. The summed E-state index contributed by atoms with van der Waals surface area (Å²) >= 11 is 0. The monoisotopic (exact) mass is 396 g/mol. The van der Waals surface area contributed by atoms with Crippen LogP contribution in [0.1, 0.15) is 39.6 Å². The second-order valence-corrected chi connectivity index (χ2v) is 6.30. The van der Waals surface area contributed by atoms with Crippen LogP contribution in [0.25, 0.3) is 0 Å². The van der Waals surface area contributed by atoms with Crippen molar-refractivity contribution in [3.63, 3.8) is 0 Å². The number of rotatable bonds is 6. The highest BCUT2D eigenvalue weighted by Gasteiger charge is 2.14. The van der Waals surface area contributed by atoms with Gasteiger partial charge in [0.05, 0.1) is 16.9 Å². The first kappa shape index (κ1) is 20.5. The molecule has 6 nitrogen and oxygen atoms in total. The van der Waals surface area contributed by atoms with Gasteiger partial charge in [0.1, 0.15) is 5.82 Å². The molecule has 0 aliphatic carbocycles. The van der Waals surface area contributed by atoms with Crippen molar-refractivity contribution in [3.05, 3.63) is 83.6 Å². The summed E-state index contributed by atoms with van der Waals surface area (Å²) in [5, 5.41) is 5.49. The van der Waals surface area contributed by atoms with Crippen LogP contribution in [0.15, 0.2) is 71.9 Å². The van der Waals surface area contributed by atoms with Crippen molar-refractivity contribution in [2.24, 2.45) is 4.99 Å². The lowest BCUT2D eigenvalue weighted by atomic mass is 10.1. The van der Waals surface area contributed by atoms with Gasteiger partial charge in [0.25, 0.3) is 11.8 Å². The third-order valence-corrected chi connectivity index (χ3v) is 4.14. The van der Waals surface area contributed by atoms with E-state index in [1.54, 1.807) is 66.9 Å². The number of benzene rings is 2. The second kappa shape index (κ2) is 9.80. The molecule has 0 fully saturated rings. The Kier molecular flexibility index (Phi) is 6.70. The maximum atomic E-state index is 12.7. The molecular formula is C24H20N4O2. The minimum atomic E-state index is -0.392. The van der Waals surface area contributed by atoms with Crippen LogP contribution in [0.3, 0.4) is 0 Å². The fourth-order valence-corrected chi connectivity index (χ4v) is 2.62. The summed E-state index contributed by atoms with van der Waals surface area (Å²) in [5.41, 5.74) is 2.57. The average Bonchev–Trinajstić information content (AvgIpc) is 2.78. The van der Waals surface area contributed by atoms with Crippen LogP contribution in [-0.2, 0) is 0 Å². The molecule has 0 saturated heterocycles. The molecule has 1 heterocycles. The van der Waals surface area contributed by atoms with Gasteiger partial charge in [-0.05, 0) is 55.0 Å². The minimum Gasteiger partial charge on any atom is -0.321 e. The molecule has 6 heteroatoms. The highest BCUT2D eigenvalue weighted by atomic mass is 16.2. The summed E-state index contributed by atoms with van der Waals surface area (Å²) in [5.74, 6) is 2.12. The first-order chi connectivity index (χ1) is 14.6. The van der Waals surface area contributed by atoms with Crippen LogP contribution >= 0.6 is 0 Å². The summed E-state index contributed by atoms with van der Waals surface area (Å²) in [7, 11) is 0. The van der Waals surface area contributed by atoms with E-state index in [0.29, 0.717) is 28.2 Å². The number of terminal acetylenes is 1. The molecule has 148 valence electrons. The molecule has 2 N–H and O–H groups in total. The predicted molar refractivity (Wildman–Crippen MR) is 119 cm³/mol. The van der Waals surface area contributed by atoms with Gasteiger partial charge in [-0.3, -0.25) is 14.6 Å². The number of anilines is 2. The lowest BCUT2D eigenvalue weighted by molar-refractivity contribution is 0.102. The van der Waals surface area contributed by atoms with E-state index < -0.39 is 5.91 Å².